The quantitative estimate of drug-likeness (QED) is 0.885. The molecule has 2 N–H and O–H groups in total. The third-order valence-electron chi connectivity index (χ3n) is 3.41. The van der Waals surface area contributed by atoms with E-state index in [4.69, 9.17) is 17.3 Å². The fourth-order valence-electron chi connectivity index (χ4n) is 2.38. The number of hydrogen-bond acceptors (Lipinski definition) is 3. The van der Waals surface area contributed by atoms with E-state index in [1.807, 2.05) is 37.5 Å². The van der Waals surface area contributed by atoms with Gasteiger partial charge in [0.1, 0.15) is 0 Å². The third-order valence-corrected chi connectivity index (χ3v) is 3.72. The van der Waals surface area contributed by atoms with Gasteiger partial charge in [0, 0.05) is 31.5 Å². The van der Waals surface area contributed by atoms with Gasteiger partial charge < -0.3 is 10.6 Å². The maximum Gasteiger partial charge on any atom is 0.0642 e. The Morgan fingerprint density at radius 2 is 1.90 bits per heavy atom. The first-order valence-electron chi connectivity index (χ1n) is 7.28. The molecule has 3 nitrogen and oxygen atoms in total. The summed E-state index contributed by atoms with van der Waals surface area (Å²) in [4.78, 5) is 6.31. The summed E-state index contributed by atoms with van der Waals surface area (Å²) in [6.07, 6.45) is 4.48. The highest BCUT2D eigenvalue weighted by atomic mass is 35.5. The Hall–Kier alpha value is -1.58. The number of pyridine rings is 1. The minimum atomic E-state index is 0.144. The van der Waals surface area contributed by atoms with Crippen molar-refractivity contribution in [2.75, 3.05) is 11.4 Å². The van der Waals surface area contributed by atoms with Crippen LogP contribution in [0, 0.1) is 0 Å². The summed E-state index contributed by atoms with van der Waals surface area (Å²) >= 11 is 6.46. The first-order chi connectivity index (χ1) is 10.1. The fourth-order valence-corrected chi connectivity index (χ4v) is 2.70. The number of nitrogens with zero attached hydrogens (tertiary/aromatic N) is 2. The van der Waals surface area contributed by atoms with Crippen LogP contribution in [0.3, 0.4) is 0 Å². The van der Waals surface area contributed by atoms with Crippen LogP contribution in [-0.4, -0.2) is 17.6 Å². The third kappa shape index (κ3) is 4.45. The Labute approximate surface area is 131 Å². The zero-order valence-electron chi connectivity index (χ0n) is 12.6. The van der Waals surface area contributed by atoms with Crippen molar-refractivity contribution in [3.05, 3.63) is 58.9 Å². The molecule has 0 saturated carbocycles. The van der Waals surface area contributed by atoms with Crippen molar-refractivity contribution < 1.29 is 0 Å². The predicted molar refractivity (Wildman–Crippen MR) is 89.8 cm³/mol. The van der Waals surface area contributed by atoms with E-state index < -0.39 is 0 Å². The van der Waals surface area contributed by atoms with Crippen LogP contribution in [-0.2, 0) is 13.0 Å². The van der Waals surface area contributed by atoms with Gasteiger partial charge in [-0.15, -0.1) is 0 Å². The Bertz CT molecular complexity index is 570. The van der Waals surface area contributed by atoms with E-state index in [0.29, 0.717) is 0 Å². The molecule has 21 heavy (non-hydrogen) atoms. The second-order valence-corrected chi connectivity index (χ2v) is 5.74. The first kappa shape index (κ1) is 15.8. The van der Waals surface area contributed by atoms with E-state index in [1.165, 1.54) is 11.1 Å². The number of halogens is 1. The summed E-state index contributed by atoms with van der Waals surface area (Å²) in [6, 6.07) is 10.4. The summed E-state index contributed by atoms with van der Waals surface area (Å²) in [7, 11) is 0. The minimum Gasteiger partial charge on any atom is -0.366 e. The Morgan fingerprint density at radius 1 is 1.19 bits per heavy atom. The second-order valence-electron chi connectivity index (χ2n) is 5.34. The number of nitrogens with two attached hydrogens (primary N) is 1. The molecule has 0 spiro atoms. The SMILES string of the molecule is CCN(Cc1ccncc1)c1ccc(CC(C)N)cc1Cl. The van der Waals surface area contributed by atoms with Crippen LogP contribution in [0.2, 0.25) is 5.02 Å². The zero-order chi connectivity index (χ0) is 15.2. The van der Waals surface area contributed by atoms with E-state index in [2.05, 4.69) is 28.9 Å². The molecule has 1 aromatic heterocycles. The van der Waals surface area contributed by atoms with E-state index >= 15 is 0 Å². The summed E-state index contributed by atoms with van der Waals surface area (Å²) < 4.78 is 0. The van der Waals surface area contributed by atoms with Gasteiger partial charge in [0.25, 0.3) is 0 Å². The van der Waals surface area contributed by atoms with E-state index in [-0.39, 0.29) is 6.04 Å². The molecule has 0 saturated heterocycles. The molecule has 1 atom stereocenters. The van der Waals surface area contributed by atoms with Crippen LogP contribution < -0.4 is 10.6 Å². The molecule has 0 aliphatic heterocycles. The van der Waals surface area contributed by atoms with E-state index in [9.17, 15) is 0 Å². The lowest BCUT2D eigenvalue weighted by Gasteiger charge is -2.25. The van der Waals surface area contributed by atoms with Gasteiger partial charge in [-0.1, -0.05) is 17.7 Å². The first-order valence-corrected chi connectivity index (χ1v) is 7.65. The molecular formula is C17H22ClN3. The van der Waals surface area contributed by atoms with E-state index in [1.54, 1.807) is 0 Å². The van der Waals surface area contributed by atoms with E-state index in [0.717, 1.165) is 30.2 Å². The van der Waals surface area contributed by atoms with Crippen LogP contribution in [0.1, 0.15) is 25.0 Å². The average molecular weight is 304 g/mol. The van der Waals surface area contributed by atoms with Crippen LogP contribution >= 0.6 is 11.6 Å². The van der Waals surface area contributed by atoms with Crippen molar-refractivity contribution >= 4 is 17.3 Å². The standard InChI is InChI=1S/C17H22ClN3/c1-3-21(12-14-6-8-20-9-7-14)17-5-4-15(10-13(2)19)11-16(17)18/h4-9,11,13H,3,10,12,19H2,1-2H3. The lowest BCUT2D eigenvalue weighted by atomic mass is 10.1. The van der Waals surface area contributed by atoms with Crippen molar-refractivity contribution in [1.29, 1.82) is 0 Å². The average Bonchev–Trinajstić information content (AvgIpc) is 2.46. The van der Waals surface area contributed by atoms with Gasteiger partial charge in [0.15, 0.2) is 0 Å². The molecular weight excluding hydrogens is 282 g/mol. The molecule has 0 fully saturated rings. The van der Waals surface area contributed by atoms with Gasteiger partial charge in [-0.25, -0.2) is 0 Å². The highest BCUT2D eigenvalue weighted by molar-refractivity contribution is 6.33. The Kier molecular flexibility index (Phi) is 5.59. The zero-order valence-corrected chi connectivity index (χ0v) is 13.3. The smallest absolute Gasteiger partial charge is 0.0642 e. The summed E-state index contributed by atoms with van der Waals surface area (Å²) in [5.74, 6) is 0. The van der Waals surface area contributed by atoms with Crippen molar-refractivity contribution in [2.45, 2.75) is 32.9 Å². The number of rotatable bonds is 6. The second kappa shape index (κ2) is 7.43. The van der Waals surface area contributed by atoms with Gasteiger partial charge >= 0.3 is 0 Å². The molecule has 0 aliphatic carbocycles. The van der Waals surface area contributed by atoms with Gasteiger partial charge in [-0.3, -0.25) is 4.98 Å². The summed E-state index contributed by atoms with van der Waals surface area (Å²) in [5.41, 5.74) is 9.30. The highest BCUT2D eigenvalue weighted by Gasteiger charge is 2.10. The van der Waals surface area contributed by atoms with Crippen molar-refractivity contribution in [3.63, 3.8) is 0 Å². The Morgan fingerprint density at radius 3 is 2.48 bits per heavy atom. The molecule has 112 valence electrons. The van der Waals surface area contributed by atoms with Gasteiger partial charge in [0.05, 0.1) is 10.7 Å². The van der Waals surface area contributed by atoms with Crippen LogP contribution in [0.5, 0.6) is 0 Å². The maximum atomic E-state index is 6.46. The minimum absolute atomic E-state index is 0.144. The van der Waals surface area contributed by atoms with Crippen molar-refractivity contribution in [1.82, 2.24) is 4.98 Å². The molecule has 1 aromatic carbocycles. The van der Waals surface area contributed by atoms with Crippen LogP contribution in [0.25, 0.3) is 0 Å². The molecule has 0 aliphatic rings. The van der Waals surface area contributed by atoms with Gasteiger partial charge in [0.2, 0.25) is 0 Å². The van der Waals surface area contributed by atoms with Crippen molar-refractivity contribution in [2.24, 2.45) is 5.73 Å². The number of hydrogen-bond donors (Lipinski definition) is 1. The van der Waals surface area contributed by atoms with Crippen LogP contribution in [0.15, 0.2) is 42.7 Å². The lowest BCUT2D eigenvalue weighted by molar-refractivity contribution is 0.737. The highest BCUT2D eigenvalue weighted by Crippen LogP contribution is 2.28. The summed E-state index contributed by atoms with van der Waals surface area (Å²) in [5, 5.41) is 0.782. The maximum absolute atomic E-state index is 6.46. The monoisotopic (exact) mass is 303 g/mol. The fraction of sp³-hybridized carbons (Fsp3) is 0.353. The van der Waals surface area contributed by atoms with Crippen LogP contribution in [0.4, 0.5) is 5.69 Å². The number of aromatic nitrogens is 1. The largest absolute Gasteiger partial charge is 0.366 e. The lowest BCUT2D eigenvalue weighted by Crippen LogP contribution is -2.22. The number of anilines is 1. The topological polar surface area (TPSA) is 42.2 Å². The molecule has 4 heteroatoms. The van der Waals surface area contributed by atoms with Crippen molar-refractivity contribution in [3.8, 4) is 0 Å². The predicted octanol–water partition coefficient (Wildman–Crippen LogP) is 3.65. The molecule has 0 radical (unpaired) electrons. The normalized spacial score (nSPS) is 12.2. The summed E-state index contributed by atoms with van der Waals surface area (Å²) in [6.45, 7) is 5.86. The van der Waals surface area contributed by atoms with Gasteiger partial charge in [-0.05, 0) is 55.7 Å². The van der Waals surface area contributed by atoms with Gasteiger partial charge in [-0.2, -0.15) is 0 Å². The molecule has 2 rings (SSSR count). The molecule has 0 amide bonds. The Balaban J connectivity index is 2.18. The number of benzene rings is 1. The molecule has 2 aromatic rings. The molecule has 1 heterocycles. The molecule has 1 unspecified atom stereocenters. The molecule has 0 bridgehead atoms.